The number of H-pyrrole nitrogens is 1. The number of anilines is 1. The summed E-state index contributed by atoms with van der Waals surface area (Å²) in [5.41, 5.74) is 4.09. The molecule has 0 saturated heterocycles. The average Bonchev–Trinajstić information content (AvgIpc) is 3.16. The summed E-state index contributed by atoms with van der Waals surface area (Å²) in [5.74, 6) is 0.238. The summed E-state index contributed by atoms with van der Waals surface area (Å²) in [7, 11) is 1.61. The van der Waals surface area contributed by atoms with Gasteiger partial charge in [0.2, 0.25) is 0 Å². The Balaban J connectivity index is 1.82. The topological polar surface area (TPSA) is 77.9 Å². The largest absolute Gasteiger partial charge is 0.497 e. The lowest BCUT2D eigenvalue weighted by Crippen LogP contribution is -2.13. The van der Waals surface area contributed by atoms with Crippen molar-refractivity contribution in [2.45, 2.75) is 0 Å². The average molecular weight is 519 g/mol. The minimum Gasteiger partial charge on any atom is -0.497 e. The van der Waals surface area contributed by atoms with Crippen LogP contribution in [0.15, 0.2) is 78.4 Å². The fraction of sp³-hybridized carbons (Fsp3) is 0.0400. The molecule has 0 aliphatic heterocycles. The number of carbonyl (C=O) groups excluding carboxylic acids is 1. The molecule has 31 heavy (non-hydrogen) atoms. The molecule has 5 nitrogen and oxygen atoms in total. The van der Waals surface area contributed by atoms with Gasteiger partial charge in [0.25, 0.3) is 5.91 Å². The summed E-state index contributed by atoms with van der Waals surface area (Å²) in [4.78, 5) is 16.2. The van der Waals surface area contributed by atoms with Gasteiger partial charge in [-0.1, -0.05) is 30.3 Å². The van der Waals surface area contributed by atoms with Gasteiger partial charge < -0.3 is 15.0 Å². The van der Waals surface area contributed by atoms with Gasteiger partial charge in [0.1, 0.15) is 17.4 Å². The van der Waals surface area contributed by atoms with Crippen molar-refractivity contribution in [1.82, 2.24) is 4.98 Å². The second kappa shape index (κ2) is 9.06. The van der Waals surface area contributed by atoms with E-state index in [1.165, 1.54) is 0 Å². The summed E-state index contributed by atoms with van der Waals surface area (Å²) < 4.78 is 6.44. The molecule has 0 fully saturated rings. The summed E-state index contributed by atoms with van der Waals surface area (Å²) in [6.07, 6.45) is 1.63. The number of rotatable bonds is 5. The van der Waals surface area contributed by atoms with E-state index in [0.29, 0.717) is 11.4 Å². The van der Waals surface area contributed by atoms with Crippen molar-refractivity contribution in [3.05, 3.63) is 87.5 Å². The van der Waals surface area contributed by atoms with Crippen LogP contribution in [0.1, 0.15) is 5.56 Å². The van der Waals surface area contributed by atoms with Crippen LogP contribution in [0.25, 0.3) is 28.2 Å². The zero-order valence-electron chi connectivity index (χ0n) is 16.6. The molecule has 0 saturated carbocycles. The molecule has 1 heterocycles. The van der Waals surface area contributed by atoms with Crippen molar-refractivity contribution in [1.29, 1.82) is 5.26 Å². The first kappa shape index (κ1) is 20.7. The minimum absolute atomic E-state index is 0.0134. The maximum absolute atomic E-state index is 12.8. The molecule has 152 valence electrons. The number of nitriles is 1. The van der Waals surface area contributed by atoms with E-state index in [-0.39, 0.29) is 5.57 Å². The Morgan fingerprint density at radius 3 is 2.52 bits per heavy atom. The highest BCUT2D eigenvalue weighted by Gasteiger charge is 2.16. The van der Waals surface area contributed by atoms with Crippen LogP contribution in [0.3, 0.4) is 0 Å². The van der Waals surface area contributed by atoms with E-state index in [1.54, 1.807) is 25.3 Å². The summed E-state index contributed by atoms with van der Waals surface area (Å²) in [6.45, 7) is 0. The van der Waals surface area contributed by atoms with Gasteiger partial charge in [-0.25, -0.2) is 0 Å². The molecule has 0 spiro atoms. The lowest BCUT2D eigenvalue weighted by Gasteiger charge is -2.06. The van der Waals surface area contributed by atoms with E-state index in [4.69, 9.17) is 4.74 Å². The first-order valence-electron chi connectivity index (χ1n) is 9.53. The molecule has 1 aromatic heterocycles. The third-order valence-corrected chi connectivity index (χ3v) is 5.58. The minimum atomic E-state index is -0.458. The molecule has 0 atom stereocenters. The quantitative estimate of drug-likeness (QED) is 0.193. The number of fused-ring (bicyclic) bond motifs is 1. The van der Waals surface area contributed by atoms with E-state index in [2.05, 4.69) is 32.9 Å². The Morgan fingerprint density at radius 2 is 1.84 bits per heavy atom. The highest BCUT2D eigenvalue weighted by molar-refractivity contribution is 14.1. The lowest BCUT2D eigenvalue weighted by atomic mass is 10.0. The first-order chi connectivity index (χ1) is 15.1. The number of nitrogens with one attached hydrogen (secondary N) is 2. The monoisotopic (exact) mass is 519 g/mol. The predicted molar refractivity (Wildman–Crippen MR) is 132 cm³/mol. The number of hydrogen-bond donors (Lipinski definition) is 2. The van der Waals surface area contributed by atoms with E-state index in [1.807, 2.05) is 66.7 Å². The van der Waals surface area contributed by atoms with Gasteiger partial charge in [-0.05, 0) is 76.7 Å². The highest BCUT2D eigenvalue weighted by Crippen LogP contribution is 2.34. The maximum Gasteiger partial charge on any atom is 0.266 e. The van der Waals surface area contributed by atoms with E-state index in [0.717, 1.165) is 31.3 Å². The van der Waals surface area contributed by atoms with Gasteiger partial charge in [-0.15, -0.1) is 0 Å². The van der Waals surface area contributed by atoms with Crippen molar-refractivity contribution >= 4 is 51.2 Å². The molecule has 2 N–H and O–H groups in total. The number of amides is 1. The van der Waals surface area contributed by atoms with Crippen LogP contribution in [-0.2, 0) is 4.79 Å². The SMILES string of the molecule is COc1ccc2[nH]c(-c3ccccc3)c(/C=C(\C#N)C(=O)Nc3ccc(I)cc3)c2c1. The molecule has 6 heteroatoms. The molecule has 0 radical (unpaired) electrons. The van der Waals surface area contributed by atoms with E-state index in [9.17, 15) is 10.1 Å². The number of methoxy groups -OCH3 is 1. The number of carbonyl (C=O) groups is 1. The van der Waals surface area contributed by atoms with Crippen LogP contribution in [-0.4, -0.2) is 18.0 Å². The molecule has 0 unspecified atom stereocenters. The number of nitrogens with zero attached hydrogens (tertiary/aromatic N) is 1. The van der Waals surface area contributed by atoms with Crippen LogP contribution in [0, 0.1) is 14.9 Å². The number of halogens is 1. The van der Waals surface area contributed by atoms with E-state index >= 15 is 0 Å². The van der Waals surface area contributed by atoms with Gasteiger partial charge in [-0.2, -0.15) is 5.26 Å². The number of ether oxygens (including phenoxy) is 1. The molecule has 4 rings (SSSR count). The number of hydrogen-bond acceptors (Lipinski definition) is 3. The van der Waals surface area contributed by atoms with Crippen LogP contribution in [0.5, 0.6) is 5.75 Å². The Kier molecular flexibility index (Phi) is 6.05. The molecule has 4 aromatic rings. The van der Waals surface area contributed by atoms with Crippen LogP contribution in [0.4, 0.5) is 5.69 Å². The Hall–Kier alpha value is -3.57. The number of benzene rings is 3. The fourth-order valence-corrected chi connectivity index (χ4v) is 3.69. The smallest absolute Gasteiger partial charge is 0.266 e. The molecule has 1 amide bonds. The zero-order valence-corrected chi connectivity index (χ0v) is 18.8. The molecule has 3 aromatic carbocycles. The lowest BCUT2D eigenvalue weighted by molar-refractivity contribution is -0.112. The molecular formula is C25H18IN3O2. The number of aromatic amines is 1. The highest BCUT2D eigenvalue weighted by atomic mass is 127. The second-order valence-electron chi connectivity index (χ2n) is 6.82. The molecule has 0 aliphatic rings. The van der Waals surface area contributed by atoms with E-state index < -0.39 is 5.91 Å². The van der Waals surface area contributed by atoms with Gasteiger partial charge in [0, 0.05) is 25.7 Å². The standard InChI is InChI=1S/C25H18IN3O2/c1-31-20-11-12-23-21(14-20)22(24(29-23)16-5-3-2-4-6-16)13-17(15-27)25(30)28-19-9-7-18(26)8-10-19/h2-14,29H,1H3,(H,28,30)/b17-13+. The molecule has 0 aliphatic carbocycles. The fourth-order valence-electron chi connectivity index (χ4n) is 3.33. The van der Waals surface area contributed by atoms with Crippen molar-refractivity contribution in [2.75, 3.05) is 12.4 Å². The summed E-state index contributed by atoms with van der Waals surface area (Å²) in [6, 6.07) is 24.9. The normalized spacial score (nSPS) is 11.2. The van der Waals surface area contributed by atoms with Crippen molar-refractivity contribution in [3.63, 3.8) is 0 Å². The maximum atomic E-state index is 12.8. The van der Waals surface area contributed by atoms with Gasteiger partial charge >= 0.3 is 0 Å². The molecule has 0 bridgehead atoms. The summed E-state index contributed by atoms with van der Waals surface area (Å²) in [5, 5.41) is 13.4. The van der Waals surface area contributed by atoms with Crippen molar-refractivity contribution in [3.8, 4) is 23.1 Å². The zero-order chi connectivity index (χ0) is 21.8. The van der Waals surface area contributed by atoms with Crippen molar-refractivity contribution in [2.24, 2.45) is 0 Å². The third-order valence-electron chi connectivity index (χ3n) is 4.86. The van der Waals surface area contributed by atoms with Gasteiger partial charge in [0.15, 0.2) is 0 Å². The predicted octanol–water partition coefficient (Wildman–Crippen LogP) is 5.99. The summed E-state index contributed by atoms with van der Waals surface area (Å²) >= 11 is 2.20. The Labute approximate surface area is 193 Å². The van der Waals surface area contributed by atoms with Crippen LogP contribution >= 0.6 is 22.6 Å². The van der Waals surface area contributed by atoms with Gasteiger partial charge in [-0.3, -0.25) is 4.79 Å². The second-order valence-corrected chi connectivity index (χ2v) is 8.07. The Bertz CT molecular complexity index is 1320. The molecular weight excluding hydrogens is 501 g/mol. The number of aromatic nitrogens is 1. The first-order valence-corrected chi connectivity index (χ1v) is 10.6. The third kappa shape index (κ3) is 4.47. The van der Waals surface area contributed by atoms with Crippen molar-refractivity contribution < 1.29 is 9.53 Å². The van der Waals surface area contributed by atoms with Crippen LogP contribution < -0.4 is 10.1 Å². The van der Waals surface area contributed by atoms with Gasteiger partial charge in [0.05, 0.1) is 12.8 Å². The Morgan fingerprint density at radius 1 is 1.10 bits per heavy atom. The van der Waals surface area contributed by atoms with Crippen LogP contribution in [0.2, 0.25) is 0 Å².